The molecule has 0 aliphatic rings. The van der Waals surface area contributed by atoms with E-state index in [1.165, 1.54) is 75.9 Å². The molecule has 5 nitrogen and oxygen atoms in total. The lowest BCUT2D eigenvalue weighted by atomic mass is 10.00. The van der Waals surface area contributed by atoms with E-state index >= 15 is 0 Å². The molecule has 12 rings (SSSR count). The highest BCUT2D eigenvalue weighted by atomic mass is 15.1. The monoisotopic (exact) mass is 623 g/mol. The summed E-state index contributed by atoms with van der Waals surface area (Å²) in [5.74, 6) is 0.890. The number of rotatable bonds is 2. The largest absolute Gasteiger partial charge is 0.308 e. The van der Waals surface area contributed by atoms with Crippen molar-refractivity contribution in [3.8, 4) is 11.5 Å². The normalized spacial score (nSPS) is 12.5. The smallest absolute Gasteiger partial charge is 0.137 e. The van der Waals surface area contributed by atoms with Crippen molar-refractivity contribution in [2.75, 3.05) is 0 Å². The highest BCUT2D eigenvalue weighted by Crippen LogP contribution is 2.47. The summed E-state index contributed by atoms with van der Waals surface area (Å²) in [5, 5.41) is 12.5. The van der Waals surface area contributed by atoms with Crippen molar-refractivity contribution in [3.63, 3.8) is 0 Å². The van der Waals surface area contributed by atoms with Gasteiger partial charge >= 0.3 is 0 Å². The standard InChI is InChI=1S/C44H25N5/c1-2-10-28-26(9-1)17-19-38-41(28)42-43-33(30-12-4-7-15-36(30)48(38)43)23-34-31-13-5-8-16-37(31)49(44(34)42)40-20-18-27(24-46-40)47-35-14-6-3-11-29(35)32-21-22-45-25-39(32)47/h1-25H. The zero-order valence-corrected chi connectivity index (χ0v) is 26.2. The summed E-state index contributed by atoms with van der Waals surface area (Å²) in [6, 6.07) is 48.3. The number of para-hydroxylation sites is 3. The summed E-state index contributed by atoms with van der Waals surface area (Å²) in [6.07, 6.45) is 5.82. The van der Waals surface area contributed by atoms with Gasteiger partial charge < -0.3 is 8.97 Å². The number of nitrogens with zero attached hydrogens (tertiary/aromatic N) is 5. The lowest BCUT2D eigenvalue weighted by Crippen LogP contribution is -2.00. The lowest BCUT2D eigenvalue weighted by Gasteiger charge is -2.11. The maximum atomic E-state index is 5.24. The molecule has 0 aliphatic carbocycles. The van der Waals surface area contributed by atoms with Crippen LogP contribution in [-0.4, -0.2) is 23.5 Å². The summed E-state index contributed by atoms with van der Waals surface area (Å²) in [7, 11) is 0. The van der Waals surface area contributed by atoms with Crippen LogP contribution in [0.5, 0.6) is 0 Å². The van der Waals surface area contributed by atoms with Gasteiger partial charge in [-0.05, 0) is 59.3 Å². The van der Waals surface area contributed by atoms with Crippen LogP contribution in [0, 0.1) is 0 Å². The van der Waals surface area contributed by atoms with Crippen molar-refractivity contribution in [2.45, 2.75) is 0 Å². The van der Waals surface area contributed by atoms with Gasteiger partial charge in [-0.2, -0.15) is 0 Å². The fraction of sp³-hybridized carbons (Fsp3) is 0. The first-order chi connectivity index (χ1) is 24.3. The van der Waals surface area contributed by atoms with Crippen LogP contribution in [0.4, 0.5) is 0 Å². The molecule has 0 saturated carbocycles. The van der Waals surface area contributed by atoms with Gasteiger partial charge in [0.15, 0.2) is 0 Å². The first kappa shape index (κ1) is 25.4. The molecule has 0 N–H and O–H groups in total. The highest BCUT2D eigenvalue weighted by molar-refractivity contribution is 6.37. The van der Waals surface area contributed by atoms with E-state index in [0.29, 0.717) is 0 Å². The second kappa shape index (κ2) is 9.00. The molecule has 0 radical (unpaired) electrons. The predicted molar refractivity (Wildman–Crippen MR) is 203 cm³/mol. The van der Waals surface area contributed by atoms with Gasteiger partial charge in [-0.25, -0.2) is 4.98 Å². The molecule has 0 bridgehead atoms. The Morgan fingerprint density at radius 1 is 0.408 bits per heavy atom. The van der Waals surface area contributed by atoms with Crippen molar-refractivity contribution in [2.24, 2.45) is 0 Å². The number of benzene rings is 6. The van der Waals surface area contributed by atoms with Gasteiger partial charge in [-0.15, -0.1) is 0 Å². The molecule has 12 aromatic rings. The van der Waals surface area contributed by atoms with Crippen molar-refractivity contribution >= 4 is 92.5 Å². The first-order valence-corrected chi connectivity index (χ1v) is 16.7. The van der Waals surface area contributed by atoms with Gasteiger partial charge in [0.05, 0.1) is 56.7 Å². The Labute approximate surface area is 278 Å². The number of fused-ring (bicyclic) bond motifs is 15. The molecule has 5 heteroatoms. The van der Waals surface area contributed by atoms with Crippen molar-refractivity contribution in [1.29, 1.82) is 0 Å². The van der Waals surface area contributed by atoms with Gasteiger partial charge in [-0.1, -0.05) is 84.9 Å². The molecular weight excluding hydrogens is 599 g/mol. The third-order valence-corrected chi connectivity index (χ3v) is 10.7. The van der Waals surface area contributed by atoms with Crippen LogP contribution in [0.15, 0.2) is 152 Å². The Balaban J connectivity index is 1.24. The Morgan fingerprint density at radius 3 is 1.86 bits per heavy atom. The van der Waals surface area contributed by atoms with E-state index in [1.54, 1.807) is 0 Å². The average molecular weight is 624 g/mol. The van der Waals surface area contributed by atoms with Crippen LogP contribution >= 0.6 is 0 Å². The van der Waals surface area contributed by atoms with Crippen LogP contribution in [0.3, 0.4) is 0 Å². The second-order valence-electron chi connectivity index (χ2n) is 13.0. The molecule has 0 atom stereocenters. The second-order valence-corrected chi connectivity index (χ2v) is 13.0. The Morgan fingerprint density at radius 2 is 1.06 bits per heavy atom. The van der Waals surface area contributed by atoms with E-state index in [9.17, 15) is 0 Å². The van der Waals surface area contributed by atoms with E-state index in [2.05, 4.69) is 152 Å². The van der Waals surface area contributed by atoms with E-state index < -0.39 is 0 Å². The minimum atomic E-state index is 0.890. The number of hydrogen-bond donors (Lipinski definition) is 0. The van der Waals surface area contributed by atoms with Gasteiger partial charge in [-0.3, -0.25) is 9.55 Å². The maximum absolute atomic E-state index is 5.24. The summed E-state index contributed by atoms with van der Waals surface area (Å²) >= 11 is 0. The summed E-state index contributed by atoms with van der Waals surface area (Å²) in [5.41, 5.74) is 9.28. The van der Waals surface area contributed by atoms with Gasteiger partial charge in [0.1, 0.15) is 5.82 Å². The molecule has 0 fully saturated rings. The molecule has 0 amide bonds. The number of aromatic nitrogens is 5. The molecule has 0 aliphatic heterocycles. The summed E-state index contributed by atoms with van der Waals surface area (Å²) in [4.78, 5) is 9.72. The topological polar surface area (TPSA) is 40.0 Å². The average Bonchev–Trinajstić information content (AvgIpc) is 3.89. The minimum absolute atomic E-state index is 0.890. The van der Waals surface area contributed by atoms with Crippen LogP contribution in [0.1, 0.15) is 0 Å². The molecule has 226 valence electrons. The third-order valence-electron chi connectivity index (χ3n) is 10.7. The zero-order chi connectivity index (χ0) is 31.8. The molecule has 6 aromatic heterocycles. The van der Waals surface area contributed by atoms with E-state index in [1.807, 2.05) is 18.6 Å². The Bertz CT molecular complexity index is 3270. The van der Waals surface area contributed by atoms with Crippen molar-refractivity contribution in [3.05, 3.63) is 152 Å². The summed E-state index contributed by atoms with van der Waals surface area (Å²) in [6.45, 7) is 0. The molecule has 6 heterocycles. The van der Waals surface area contributed by atoms with Gasteiger partial charge in [0.2, 0.25) is 0 Å². The fourth-order valence-corrected chi connectivity index (χ4v) is 8.74. The van der Waals surface area contributed by atoms with E-state index in [4.69, 9.17) is 4.98 Å². The first-order valence-electron chi connectivity index (χ1n) is 16.7. The summed E-state index contributed by atoms with van der Waals surface area (Å²) < 4.78 is 7.13. The minimum Gasteiger partial charge on any atom is -0.308 e. The fourth-order valence-electron chi connectivity index (χ4n) is 8.74. The molecule has 0 spiro atoms. The van der Waals surface area contributed by atoms with Gasteiger partial charge in [0, 0.05) is 49.3 Å². The van der Waals surface area contributed by atoms with Crippen LogP contribution < -0.4 is 0 Å². The molecular formula is C44H25N5. The van der Waals surface area contributed by atoms with Crippen LogP contribution in [0.25, 0.3) is 104 Å². The lowest BCUT2D eigenvalue weighted by molar-refractivity contribution is 1.05. The number of pyridine rings is 2. The van der Waals surface area contributed by atoms with E-state index in [-0.39, 0.29) is 0 Å². The Kier molecular flexibility index (Phi) is 4.66. The molecule has 49 heavy (non-hydrogen) atoms. The maximum Gasteiger partial charge on any atom is 0.137 e. The van der Waals surface area contributed by atoms with Gasteiger partial charge in [0.25, 0.3) is 0 Å². The van der Waals surface area contributed by atoms with E-state index in [0.717, 1.165) is 28.1 Å². The molecule has 0 saturated heterocycles. The SMILES string of the molecule is c1ccc2c(c1)ccc1c2c2c3c(cc4c5ccccc5n1c42)c1ccccc1n3-c1ccc(-n2c3ccccc3c3ccncc32)cn1. The predicted octanol–water partition coefficient (Wildman–Crippen LogP) is 11.0. The highest BCUT2D eigenvalue weighted by Gasteiger charge is 2.25. The number of hydrogen-bond acceptors (Lipinski definition) is 2. The van der Waals surface area contributed by atoms with Crippen molar-refractivity contribution in [1.82, 2.24) is 23.5 Å². The quantitative estimate of drug-likeness (QED) is 0.192. The Hall–Kier alpha value is -6.72. The third kappa shape index (κ3) is 3.10. The van der Waals surface area contributed by atoms with Crippen LogP contribution in [0.2, 0.25) is 0 Å². The zero-order valence-electron chi connectivity index (χ0n) is 26.2. The van der Waals surface area contributed by atoms with Crippen LogP contribution in [-0.2, 0) is 0 Å². The van der Waals surface area contributed by atoms with Crippen molar-refractivity contribution < 1.29 is 0 Å². The molecule has 6 aromatic carbocycles. The molecule has 0 unspecified atom stereocenters.